The van der Waals surface area contributed by atoms with E-state index in [2.05, 4.69) is 26.3 Å². The third kappa shape index (κ3) is 2.86. The number of methoxy groups -OCH3 is 1. The average molecular weight is 331 g/mol. The molecule has 0 amide bonds. The maximum atomic E-state index is 5.61. The minimum absolute atomic E-state index is 0.291. The minimum Gasteiger partial charge on any atom is -0.377 e. The quantitative estimate of drug-likeness (QED) is 0.836. The first-order valence-corrected chi connectivity index (χ1v) is 8.70. The number of aryl methyl sites for hydroxylation is 1. The second kappa shape index (κ2) is 6.29. The summed E-state index contributed by atoms with van der Waals surface area (Å²) in [5.74, 6) is 1.76. The molecule has 2 aromatic heterocycles. The first-order chi connectivity index (χ1) is 11.7. The number of likely N-dealkylation sites (tertiary alicyclic amines) is 1. The van der Waals surface area contributed by atoms with E-state index in [0.717, 1.165) is 25.5 Å². The molecule has 0 radical (unpaired) electrons. The second-order valence-corrected chi connectivity index (χ2v) is 7.30. The molecule has 130 valence electrons. The Hall–Kier alpha value is -1.73. The van der Waals surface area contributed by atoms with E-state index < -0.39 is 0 Å². The summed E-state index contributed by atoms with van der Waals surface area (Å²) in [6, 6.07) is 0. The molecule has 2 aromatic rings. The van der Waals surface area contributed by atoms with Crippen molar-refractivity contribution < 1.29 is 9.26 Å². The number of nitrogens with zero attached hydrogens (tertiary/aromatic N) is 5. The van der Waals surface area contributed by atoms with E-state index in [1.165, 1.54) is 31.2 Å². The largest absolute Gasteiger partial charge is 0.377 e. The van der Waals surface area contributed by atoms with E-state index in [9.17, 15) is 0 Å². The van der Waals surface area contributed by atoms with E-state index in [1.807, 2.05) is 17.9 Å². The van der Waals surface area contributed by atoms with Crippen LogP contribution in [-0.4, -0.2) is 45.0 Å². The highest BCUT2D eigenvalue weighted by molar-refractivity contribution is 5.13. The molecule has 24 heavy (non-hydrogen) atoms. The van der Waals surface area contributed by atoms with Gasteiger partial charge in [-0.25, -0.2) is 0 Å². The number of aromatic nitrogens is 4. The molecule has 0 N–H and O–H groups in total. The smallest absolute Gasteiger partial charge is 0.231 e. The van der Waals surface area contributed by atoms with Gasteiger partial charge in [-0.2, -0.15) is 10.1 Å². The lowest BCUT2D eigenvalue weighted by Gasteiger charge is -2.27. The van der Waals surface area contributed by atoms with Crippen molar-refractivity contribution in [3.05, 3.63) is 29.7 Å². The monoisotopic (exact) mass is 331 g/mol. The van der Waals surface area contributed by atoms with Crippen LogP contribution in [0.5, 0.6) is 0 Å². The van der Waals surface area contributed by atoms with Gasteiger partial charge in [0.2, 0.25) is 5.89 Å². The molecule has 4 rings (SSSR count). The summed E-state index contributed by atoms with van der Waals surface area (Å²) in [6.45, 7) is 3.42. The van der Waals surface area contributed by atoms with E-state index in [0.29, 0.717) is 23.8 Å². The van der Waals surface area contributed by atoms with Crippen molar-refractivity contribution in [2.75, 3.05) is 20.2 Å². The van der Waals surface area contributed by atoms with Gasteiger partial charge >= 0.3 is 0 Å². The maximum Gasteiger partial charge on any atom is 0.231 e. The Balaban J connectivity index is 1.54. The van der Waals surface area contributed by atoms with Crippen LogP contribution in [0.4, 0.5) is 0 Å². The Morgan fingerprint density at radius 3 is 2.92 bits per heavy atom. The van der Waals surface area contributed by atoms with Gasteiger partial charge in [0.05, 0.1) is 12.1 Å². The van der Waals surface area contributed by atoms with Crippen molar-refractivity contribution in [1.82, 2.24) is 24.8 Å². The van der Waals surface area contributed by atoms with Crippen LogP contribution in [0.15, 0.2) is 16.9 Å². The number of ether oxygens (including phenoxy) is 1. The topological polar surface area (TPSA) is 69.2 Å². The van der Waals surface area contributed by atoms with Crippen molar-refractivity contribution in [2.24, 2.45) is 12.5 Å². The Kier molecular flexibility index (Phi) is 4.14. The minimum atomic E-state index is 0.291. The summed E-state index contributed by atoms with van der Waals surface area (Å²) < 4.78 is 12.6. The Morgan fingerprint density at radius 2 is 2.21 bits per heavy atom. The van der Waals surface area contributed by atoms with Crippen molar-refractivity contribution in [1.29, 1.82) is 0 Å². The highest BCUT2D eigenvalue weighted by atomic mass is 16.5. The Labute approximate surface area is 142 Å². The van der Waals surface area contributed by atoms with Gasteiger partial charge in [-0.15, -0.1) is 0 Å². The predicted molar refractivity (Wildman–Crippen MR) is 87.1 cm³/mol. The molecular weight excluding hydrogens is 306 g/mol. The number of hydrogen-bond acceptors (Lipinski definition) is 6. The summed E-state index contributed by atoms with van der Waals surface area (Å²) in [7, 11) is 3.62. The van der Waals surface area contributed by atoms with Gasteiger partial charge in [0.25, 0.3) is 0 Å². The molecule has 1 unspecified atom stereocenters. The number of rotatable bonds is 5. The van der Waals surface area contributed by atoms with Crippen LogP contribution in [0, 0.1) is 5.41 Å². The van der Waals surface area contributed by atoms with Crippen molar-refractivity contribution in [3.63, 3.8) is 0 Å². The molecule has 7 heteroatoms. The molecule has 1 atom stereocenters. The maximum absolute atomic E-state index is 5.61. The summed E-state index contributed by atoms with van der Waals surface area (Å²) in [4.78, 5) is 7.12. The van der Waals surface area contributed by atoms with Gasteiger partial charge in [-0.1, -0.05) is 18.0 Å². The van der Waals surface area contributed by atoms with E-state index in [1.54, 1.807) is 7.11 Å². The van der Waals surface area contributed by atoms with Gasteiger partial charge in [0, 0.05) is 45.6 Å². The number of hydrogen-bond donors (Lipinski definition) is 0. The van der Waals surface area contributed by atoms with Crippen molar-refractivity contribution in [2.45, 2.75) is 44.8 Å². The second-order valence-electron chi connectivity index (χ2n) is 7.30. The molecule has 1 saturated carbocycles. The van der Waals surface area contributed by atoms with Gasteiger partial charge in [-0.3, -0.25) is 9.58 Å². The van der Waals surface area contributed by atoms with E-state index in [4.69, 9.17) is 9.26 Å². The molecule has 0 aromatic carbocycles. The summed E-state index contributed by atoms with van der Waals surface area (Å²) in [5.41, 5.74) is 1.55. The lowest BCUT2D eigenvalue weighted by Crippen LogP contribution is -2.26. The van der Waals surface area contributed by atoms with E-state index >= 15 is 0 Å². The van der Waals surface area contributed by atoms with E-state index in [-0.39, 0.29) is 0 Å². The molecule has 1 spiro atoms. The molecule has 1 saturated heterocycles. The van der Waals surface area contributed by atoms with Crippen LogP contribution in [0.25, 0.3) is 0 Å². The fourth-order valence-electron chi connectivity index (χ4n) is 4.53. The van der Waals surface area contributed by atoms with Crippen molar-refractivity contribution in [3.8, 4) is 0 Å². The molecule has 1 aliphatic carbocycles. The van der Waals surface area contributed by atoms with Gasteiger partial charge < -0.3 is 9.26 Å². The third-order valence-corrected chi connectivity index (χ3v) is 5.54. The highest BCUT2D eigenvalue weighted by Gasteiger charge is 2.50. The molecular formula is C17H25N5O2. The molecule has 3 heterocycles. The summed E-state index contributed by atoms with van der Waals surface area (Å²) >= 11 is 0. The fourth-order valence-corrected chi connectivity index (χ4v) is 4.53. The standard InChI is InChI=1S/C17H25N5O2/c1-21-8-13(7-18-21)9-22-10-14(17(12-22)5-3-4-6-17)16-19-15(11-23-2)20-24-16/h7-8,14H,3-6,9-12H2,1-2H3. The zero-order valence-electron chi connectivity index (χ0n) is 14.4. The molecule has 7 nitrogen and oxygen atoms in total. The molecule has 1 aliphatic heterocycles. The normalized spacial score (nSPS) is 23.5. The SMILES string of the molecule is COCc1noc(C2CN(Cc3cnn(C)c3)CC23CCCC3)n1. The van der Waals surface area contributed by atoms with Gasteiger partial charge in [0.1, 0.15) is 6.61 Å². The van der Waals surface area contributed by atoms with Crippen LogP contribution >= 0.6 is 0 Å². The Bertz CT molecular complexity index is 689. The molecule has 0 bridgehead atoms. The van der Waals surface area contributed by atoms with Crippen LogP contribution < -0.4 is 0 Å². The fraction of sp³-hybridized carbons (Fsp3) is 0.706. The van der Waals surface area contributed by atoms with Gasteiger partial charge in [-0.05, 0) is 18.3 Å². The zero-order valence-corrected chi connectivity index (χ0v) is 14.4. The van der Waals surface area contributed by atoms with Crippen LogP contribution in [-0.2, 0) is 24.9 Å². The zero-order chi connectivity index (χ0) is 16.6. The Morgan fingerprint density at radius 1 is 1.38 bits per heavy atom. The lowest BCUT2D eigenvalue weighted by molar-refractivity contribution is 0.174. The average Bonchev–Trinajstić information content (AvgIpc) is 3.31. The summed E-state index contributed by atoms with van der Waals surface area (Å²) in [6.07, 6.45) is 9.16. The first-order valence-electron chi connectivity index (χ1n) is 8.70. The van der Waals surface area contributed by atoms with Gasteiger partial charge in [0.15, 0.2) is 5.82 Å². The van der Waals surface area contributed by atoms with Crippen molar-refractivity contribution >= 4 is 0 Å². The van der Waals surface area contributed by atoms with Crippen LogP contribution in [0.3, 0.4) is 0 Å². The lowest BCUT2D eigenvalue weighted by atomic mass is 9.76. The highest BCUT2D eigenvalue weighted by Crippen LogP contribution is 2.53. The van der Waals surface area contributed by atoms with Crippen LogP contribution in [0.1, 0.15) is 48.9 Å². The summed E-state index contributed by atoms with van der Waals surface area (Å²) in [5, 5.41) is 8.36. The van der Waals surface area contributed by atoms with Crippen LogP contribution in [0.2, 0.25) is 0 Å². The third-order valence-electron chi connectivity index (χ3n) is 5.54. The molecule has 2 fully saturated rings. The predicted octanol–water partition coefficient (Wildman–Crippen LogP) is 2.11. The molecule has 2 aliphatic rings. The first kappa shape index (κ1) is 15.8.